The van der Waals surface area contributed by atoms with E-state index in [1.165, 1.54) is 25.8 Å². The van der Waals surface area contributed by atoms with Crippen LogP contribution < -0.4 is 31.9 Å². The molecule has 1 fully saturated rings. The molecular weight excluding hydrogens is 1070 g/mol. The summed E-state index contributed by atoms with van der Waals surface area (Å²) < 4.78 is 11.4. The maximum Gasteiger partial charge on any atom is 0.309 e. The number of unbranched alkanes of at least 4 members (excludes halogenated alkanes) is 1. The predicted octanol–water partition coefficient (Wildman–Crippen LogP) is 5.49. The number of aromatic nitrogens is 1. The minimum Gasteiger partial charge on any atom is -0.481 e. The summed E-state index contributed by atoms with van der Waals surface area (Å²) in [4.78, 5) is 131. The van der Waals surface area contributed by atoms with E-state index < -0.39 is 95.8 Å². The molecule has 23 heteroatoms. The molecule has 1 aliphatic carbocycles. The zero-order valence-electron chi connectivity index (χ0n) is 48.8. The van der Waals surface area contributed by atoms with E-state index in [0.29, 0.717) is 35.5 Å². The third-order valence-electron chi connectivity index (χ3n) is 14.3. The lowest BCUT2D eigenvalue weighted by atomic mass is 9.80. The van der Waals surface area contributed by atoms with Crippen molar-refractivity contribution in [2.45, 2.75) is 163 Å². The van der Waals surface area contributed by atoms with E-state index in [2.05, 4.69) is 59.5 Å². The first-order valence-corrected chi connectivity index (χ1v) is 29.2. The molecule has 0 radical (unpaired) electrons. The summed E-state index contributed by atoms with van der Waals surface area (Å²) in [6, 6.07) is 5.79. The number of hydroxylamine groups is 2. The number of carboxylic acid groups (broad SMARTS) is 1. The van der Waals surface area contributed by atoms with Crippen molar-refractivity contribution in [3.8, 4) is 24.2 Å². The SMILES string of the molecule is C#CCCCON(C(=O)[C@H](C(=O)N[C@H]1CCCCN1C)[C@@H](C)CC)[C@H](C[C@@H](OC(C)=O)c1nc(NC(=O)[C@@H](Cc2ccc(NC(=O)CNC(=O)CNC(=O)CNC(=O)COC3C#CCCCCC3)cc2)CC(C)(C)C(=O)O)cs1)C(C)C. The number of hydrogen-bond acceptors (Lipinski definition) is 15. The molecule has 1 aromatic heterocycles. The first-order chi connectivity index (χ1) is 39.0. The fourth-order valence-electron chi connectivity index (χ4n) is 9.30. The van der Waals surface area contributed by atoms with E-state index in [1.54, 1.807) is 29.6 Å². The summed E-state index contributed by atoms with van der Waals surface area (Å²) in [5.41, 5.74) is -0.322. The van der Waals surface area contributed by atoms with Crippen LogP contribution in [0.1, 0.15) is 149 Å². The highest BCUT2D eigenvalue weighted by atomic mass is 32.1. The maximum atomic E-state index is 14.9. The summed E-state index contributed by atoms with van der Waals surface area (Å²) in [7, 11) is 1.94. The minimum absolute atomic E-state index is 0.0110. The lowest BCUT2D eigenvalue weighted by molar-refractivity contribution is -0.215. The second kappa shape index (κ2) is 34.5. The number of carbonyl (C=O) groups is 9. The number of benzene rings is 1. The Morgan fingerprint density at radius 2 is 1.57 bits per heavy atom. The molecule has 7 amide bonds. The summed E-state index contributed by atoms with van der Waals surface area (Å²) in [5, 5.41) is 29.1. The number of carbonyl (C=O) groups excluding carboxylic acids is 8. The molecule has 0 spiro atoms. The Morgan fingerprint density at radius 1 is 0.902 bits per heavy atom. The van der Waals surface area contributed by atoms with Gasteiger partial charge in [0.15, 0.2) is 6.10 Å². The van der Waals surface area contributed by atoms with Crippen LogP contribution in [0.2, 0.25) is 0 Å². The topological polar surface area (TPSA) is 293 Å². The third kappa shape index (κ3) is 23.1. The Labute approximate surface area is 486 Å². The van der Waals surface area contributed by atoms with Crippen molar-refractivity contribution >= 4 is 76.1 Å². The van der Waals surface area contributed by atoms with Gasteiger partial charge in [-0.1, -0.05) is 58.6 Å². The fourth-order valence-corrected chi connectivity index (χ4v) is 10.1. The molecule has 22 nitrogen and oxygen atoms in total. The molecule has 7 atom stereocenters. The molecule has 7 N–H and O–H groups in total. The highest BCUT2D eigenvalue weighted by Crippen LogP contribution is 2.35. The number of carboxylic acids is 1. The van der Waals surface area contributed by atoms with E-state index >= 15 is 0 Å². The summed E-state index contributed by atoms with van der Waals surface area (Å²) in [6.45, 7) is 11.2. The third-order valence-corrected chi connectivity index (χ3v) is 15.3. The lowest BCUT2D eigenvalue weighted by Crippen LogP contribution is -2.55. The Kier molecular flexibility index (Phi) is 28.4. The maximum absolute atomic E-state index is 14.9. The van der Waals surface area contributed by atoms with Gasteiger partial charge in [-0.25, -0.2) is 10.0 Å². The Morgan fingerprint density at radius 3 is 2.21 bits per heavy atom. The van der Waals surface area contributed by atoms with Crippen molar-refractivity contribution in [3.05, 3.63) is 40.2 Å². The van der Waals surface area contributed by atoms with E-state index in [1.807, 2.05) is 34.7 Å². The number of aliphatic carboxylic acids is 1. The van der Waals surface area contributed by atoms with Crippen molar-refractivity contribution < 1.29 is 62.6 Å². The minimum atomic E-state index is -1.33. The number of piperidine rings is 1. The summed E-state index contributed by atoms with van der Waals surface area (Å²) in [6.07, 6.45) is 12.6. The second-order valence-corrected chi connectivity index (χ2v) is 22.9. The highest BCUT2D eigenvalue weighted by molar-refractivity contribution is 7.10. The average Bonchev–Trinajstić information content (AvgIpc) is 4.03. The van der Waals surface area contributed by atoms with Crippen LogP contribution in [0.3, 0.4) is 0 Å². The molecule has 82 heavy (non-hydrogen) atoms. The molecule has 1 saturated heterocycles. The van der Waals surface area contributed by atoms with Gasteiger partial charge in [-0.3, -0.25) is 52.9 Å². The van der Waals surface area contributed by atoms with Gasteiger partial charge in [0.2, 0.25) is 35.4 Å². The monoisotopic (exact) mass is 1160 g/mol. The van der Waals surface area contributed by atoms with Crippen LogP contribution in [0.4, 0.5) is 11.5 Å². The zero-order valence-corrected chi connectivity index (χ0v) is 49.6. The number of hydrogen-bond donors (Lipinski definition) is 7. The van der Waals surface area contributed by atoms with Crippen LogP contribution in [0, 0.1) is 53.3 Å². The normalized spacial score (nSPS) is 17.3. The lowest BCUT2D eigenvalue weighted by Gasteiger charge is -2.38. The van der Waals surface area contributed by atoms with Gasteiger partial charge in [0.05, 0.1) is 43.9 Å². The zero-order chi connectivity index (χ0) is 60.4. The molecular formula is C59H85N9O13S. The predicted molar refractivity (Wildman–Crippen MR) is 309 cm³/mol. The van der Waals surface area contributed by atoms with Gasteiger partial charge in [-0.05, 0) is 115 Å². The van der Waals surface area contributed by atoms with Crippen molar-refractivity contribution in [2.75, 3.05) is 57.1 Å². The number of rotatable bonds is 32. The van der Waals surface area contributed by atoms with Gasteiger partial charge in [0, 0.05) is 43.2 Å². The quantitative estimate of drug-likeness (QED) is 0.0157. The van der Waals surface area contributed by atoms with E-state index in [0.717, 1.165) is 69.2 Å². The molecule has 0 saturated carbocycles. The van der Waals surface area contributed by atoms with E-state index in [9.17, 15) is 48.3 Å². The Bertz CT molecular complexity index is 2590. The summed E-state index contributed by atoms with van der Waals surface area (Å²) >= 11 is 1.11. The highest BCUT2D eigenvalue weighted by Gasteiger charge is 2.42. The number of terminal acetylenes is 1. The number of anilines is 2. The first-order valence-electron chi connectivity index (χ1n) is 28.4. The van der Waals surface area contributed by atoms with Crippen molar-refractivity contribution in [1.29, 1.82) is 0 Å². The standard InChI is InChI=1S/C59H85N9O13S/c1-10-12-20-29-80-68(57(76)53(39(5)11-2)55(75)66-48-23-18-19-28-67(48)9)45(38(3)4)31-46(81-40(6)69)56-65-47(37-82-56)64-54(74)42(32-59(7,8)58(77)78)30-41-24-26-43(27-25-41)63-51(72)35-61-49(70)33-60-50(71)34-62-52(73)36-79-44-21-16-14-13-15-17-22-44/h1,24-27,37-39,42,44-46,48,53H,11-16,18-21,23,28-36H2,2-9H3,(H,60,71)(H,61,70)(H,62,73)(H,63,72)(H,64,74)(H,66,75)(H,77,78)/t39-,42-,44?,45+,46+,48+,53-/m0/s1. The summed E-state index contributed by atoms with van der Waals surface area (Å²) in [5.74, 6) is 0.566. The second-order valence-electron chi connectivity index (χ2n) is 22.0. The Balaban J connectivity index is 1.40. The average molecular weight is 1160 g/mol. The van der Waals surface area contributed by atoms with Crippen LogP contribution in [0.25, 0.3) is 0 Å². The van der Waals surface area contributed by atoms with Crippen molar-refractivity contribution in [2.24, 2.45) is 29.1 Å². The van der Waals surface area contributed by atoms with Gasteiger partial charge in [-0.15, -0.1) is 29.6 Å². The van der Waals surface area contributed by atoms with Gasteiger partial charge >= 0.3 is 11.9 Å². The van der Waals surface area contributed by atoms with E-state index in [4.69, 9.17) is 20.7 Å². The number of ether oxygens (including phenoxy) is 2. The van der Waals surface area contributed by atoms with Crippen molar-refractivity contribution in [3.63, 3.8) is 0 Å². The molecule has 2 aliphatic rings. The smallest absolute Gasteiger partial charge is 0.309 e. The van der Waals surface area contributed by atoms with Crippen LogP contribution in [0.15, 0.2) is 29.6 Å². The number of nitrogens with one attached hydrogen (secondary N) is 6. The molecule has 1 aromatic carbocycles. The van der Waals surface area contributed by atoms with Gasteiger partial charge < -0.3 is 46.5 Å². The van der Waals surface area contributed by atoms with E-state index in [-0.39, 0.29) is 68.9 Å². The van der Waals surface area contributed by atoms with Crippen LogP contribution >= 0.6 is 11.3 Å². The number of esters is 1. The van der Waals surface area contributed by atoms with Crippen LogP contribution in [0.5, 0.6) is 0 Å². The first kappa shape index (κ1) is 67.6. The number of amides is 7. The largest absolute Gasteiger partial charge is 0.481 e. The Hall–Kier alpha value is -6.92. The van der Waals surface area contributed by atoms with Crippen LogP contribution in [-0.2, 0) is 63.9 Å². The number of nitrogens with zero attached hydrogens (tertiary/aromatic N) is 3. The van der Waals surface area contributed by atoms with Crippen LogP contribution in [-0.4, -0.2) is 138 Å². The van der Waals surface area contributed by atoms with Gasteiger partial charge in [0.1, 0.15) is 29.5 Å². The molecule has 0 bridgehead atoms. The number of likely N-dealkylation sites (tertiary alicyclic amines) is 1. The fraction of sp³-hybridized carbons (Fsp3) is 0.627. The molecule has 1 aliphatic heterocycles. The van der Waals surface area contributed by atoms with Gasteiger partial charge in [-0.2, -0.15) is 0 Å². The molecule has 2 aromatic rings. The van der Waals surface area contributed by atoms with Gasteiger partial charge in [0.25, 0.3) is 5.91 Å². The molecule has 450 valence electrons. The molecule has 4 rings (SSSR count). The van der Waals surface area contributed by atoms with Crippen molar-refractivity contribution in [1.82, 2.24) is 36.2 Å². The number of thiazole rings is 1. The molecule has 1 unspecified atom stereocenters. The molecule has 2 heterocycles.